The Hall–Kier alpha value is -2.36. The van der Waals surface area contributed by atoms with E-state index >= 15 is 0 Å². The summed E-state index contributed by atoms with van der Waals surface area (Å²) >= 11 is 0. The Bertz CT molecular complexity index is 742. The lowest BCUT2D eigenvalue weighted by Crippen LogP contribution is -2.36. The van der Waals surface area contributed by atoms with Crippen LogP contribution < -0.4 is 24.8 Å². The van der Waals surface area contributed by atoms with Crippen molar-refractivity contribution in [1.82, 2.24) is 10.6 Å². The number of guanidine groups is 1. The van der Waals surface area contributed by atoms with E-state index < -0.39 is 0 Å². The number of aromatic hydroxyl groups is 1. The van der Waals surface area contributed by atoms with Gasteiger partial charge in [-0.2, -0.15) is 0 Å². The number of phenols is 1. The SMILES string of the molecule is CCNC(=NCc1cc(OC)c(OC)c(OC)c1)NCc1ccc(O)cc1.I. The number of methoxy groups -OCH3 is 3. The van der Waals surface area contributed by atoms with Crippen molar-refractivity contribution in [2.24, 2.45) is 4.99 Å². The Morgan fingerprint density at radius 2 is 1.54 bits per heavy atom. The topological polar surface area (TPSA) is 84.3 Å². The zero-order valence-corrected chi connectivity index (χ0v) is 18.9. The quantitative estimate of drug-likeness (QED) is 0.293. The molecule has 2 aromatic rings. The fourth-order valence-corrected chi connectivity index (χ4v) is 2.54. The van der Waals surface area contributed by atoms with Crippen LogP contribution in [0.25, 0.3) is 0 Å². The molecule has 28 heavy (non-hydrogen) atoms. The minimum Gasteiger partial charge on any atom is -0.508 e. The van der Waals surface area contributed by atoms with Crippen molar-refractivity contribution < 1.29 is 19.3 Å². The Labute approximate surface area is 183 Å². The number of nitrogens with zero attached hydrogens (tertiary/aromatic N) is 1. The molecule has 0 saturated heterocycles. The van der Waals surface area contributed by atoms with Crippen LogP contribution in [0.1, 0.15) is 18.1 Å². The van der Waals surface area contributed by atoms with Crippen LogP contribution in [0.2, 0.25) is 0 Å². The minimum atomic E-state index is 0. The van der Waals surface area contributed by atoms with Crippen LogP contribution in [0.5, 0.6) is 23.0 Å². The average molecular weight is 501 g/mol. The van der Waals surface area contributed by atoms with Gasteiger partial charge in [-0.25, -0.2) is 4.99 Å². The van der Waals surface area contributed by atoms with Crippen molar-refractivity contribution in [3.8, 4) is 23.0 Å². The summed E-state index contributed by atoms with van der Waals surface area (Å²) in [6, 6.07) is 10.8. The fraction of sp³-hybridized carbons (Fsp3) is 0.350. The second-order valence-corrected chi connectivity index (χ2v) is 5.75. The monoisotopic (exact) mass is 501 g/mol. The van der Waals surface area contributed by atoms with Gasteiger partial charge in [-0.3, -0.25) is 0 Å². The molecule has 154 valence electrons. The predicted molar refractivity (Wildman–Crippen MR) is 121 cm³/mol. The Balaban J connectivity index is 0.00000392. The molecule has 3 N–H and O–H groups in total. The molecule has 2 rings (SSSR count). The van der Waals surface area contributed by atoms with Gasteiger partial charge in [0.1, 0.15) is 5.75 Å². The van der Waals surface area contributed by atoms with Gasteiger partial charge in [0.2, 0.25) is 5.75 Å². The highest BCUT2D eigenvalue weighted by molar-refractivity contribution is 14.0. The Kier molecular flexibility index (Phi) is 10.3. The molecule has 0 spiro atoms. The molecule has 2 aromatic carbocycles. The van der Waals surface area contributed by atoms with Crippen molar-refractivity contribution in [2.75, 3.05) is 27.9 Å². The number of hydrogen-bond donors (Lipinski definition) is 3. The maximum Gasteiger partial charge on any atom is 0.203 e. The minimum absolute atomic E-state index is 0. The predicted octanol–water partition coefficient (Wildman–Crippen LogP) is 3.29. The van der Waals surface area contributed by atoms with Gasteiger partial charge in [-0.05, 0) is 42.3 Å². The highest BCUT2D eigenvalue weighted by atomic mass is 127. The first-order chi connectivity index (χ1) is 13.1. The van der Waals surface area contributed by atoms with Crippen LogP contribution in [0, 0.1) is 0 Å². The van der Waals surface area contributed by atoms with E-state index in [2.05, 4.69) is 15.6 Å². The van der Waals surface area contributed by atoms with Crippen molar-refractivity contribution in [3.63, 3.8) is 0 Å². The summed E-state index contributed by atoms with van der Waals surface area (Å²) in [6.45, 7) is 3.80. The molecule has 0 aliphatic heterocycles. The van der Waals surface area contributed by atoms with E-state index in [0.29, 0.717) is 36.3 Å². The molecule has 8 heteroatoms. The van der Waals surface area contributed by atoms with Gasteiger partial charge in [-0.15, -0.1) is 24.0 Å². The Morgan fingerprint density at radius 1 is 0.929 bits per heavy atom. The second kappa shape index (κ2) is 12.2. The van der Waals surface area contributed by atoms with Gasteiger partial charge >= 0.3 is 0 Å². The van der Waals surface area contributed by atoms with Gasteiger partial charge in [0.05, 0.1) is 27.9 Å². The van der Waals surface area contributed by atoms with Gasteiger partial charge in [-0.1, -0.05) is 12.1 Å². The molecule has 7 nitrogen and oxygen atoms in total. The molecule has 0 aliphatic carbocycles. The van der Waals surface area contributed by atoms with Gasteiger partial charge in [0.25, 0.3) is 0 Å². The van der Waals surface area contributed by atoms with Crippen LogP contribution in [-0.4, -0.2) is 38.9 Å². The summed E-state index contributed by atoms with van der Waals surface area (Å²) in [5.74, 6) is 2.71. The Morgan fingerprint density at radius 3 is 2.04 bits per heavy atom. The first-order valence-electron chi connectivity index (χ1n) is 8.70. The third-order valence-corrected chi connectivity index (χ3v) is 3.88. The lowest BCUT2D eigenvalue weighted by atomic mass is 10.2. The normalized spacial score (nSPS) is 10.6. The molecular weight excluding hydrogens is 473 g/mol. The van der Waals surface area contributed by atoms with Crippen LogP contribution in [-0.2, 0) is 13.1 Å². The van der Waals surface area contributed by atoms with Crippen LogP contribution in [0.3, 0.4) is 0 Å². The van der Waals surface area contributed by atoms with Crippen molar-refractivity contribution in [3.05, 3.63) is 47.5 Å². The summed E-state index contributed by atoms with van der Waals surface area (Å²) < 4.78 is 16.1. The summed E-state index contributed by atoms with van der Waals surface area (Å²) in [7, 11) is 4.76. The maximum atomic E-state index is 9.37. The molecule has 0 aromatic heterocycles. The van der Waals surface area contributed by atoms with E-state index in [1.54, 1.807) is 33.5 Å². The van der Waals surface area contributed by atoms with Crippen molar-refractivity contribution >= 4 is 29.9 Å². The summed E-state index contributed by atoms with van der Waals surface area (Å²) in [5.41, 5.74) is 1.98. The molecule has 0 heterocycles. The third-order valence-electron chi connectivity index (χ3n) is 3.88. The summed E-state index contributed by atoms with van der Waals surface area (Å²) in [4.78, 5) is 4.62. The van der Waals surface area contributed by atoms with Gasteiger partial charge in [0, 0.05) is 13.1 Å². The average Bonchev–Trinajstić information content (AvgIpc) is 2.70. The van der Waals surface area contributed by atoms with E-state index in [1.807, 2.05) is 31.2 Å². The number of benzene rings is 2. The van der Waals surface area contributed by atoms with Gasteiger partial charge in [0.15, 0.2) is 17.5 Å². The highest BCUT2D eigenvalue weighted by Gasteiger charge is 2.13. The molecule has 0 bridgehead atoms. The number of ether oxygens (including phenoxy) is 3. The molecule has 0 radical (unpaired) electrons. The molecular formula is C20H28IN3O4. The molecule has 0 aliphatic rings. The van der Waals surface area contributed by atoms with E-state index in [1.165, 1.54) is 0 Å². The number of rotatable bonds is 8. The van der Waals surface area contributed by atoms with Crippen LogP contribution in [0.15, 0.2) is 41.4 Å². The number of phenolic OH excluding ortho intramolecular Hbond substituents is 1. The molecule has 0 fully saturated rings. The molecule has 0 saturated carbocycles. The first-order valence-corrected chi connectivity index (χ1v) is 8.70. The highest BCUT2D eigenvalue weighted by Crippen LogP contribution is 2.38. The second-order valence-electron chi connectivity index (χ2n) is 5.75. The van der Waals surface area contributed by atoms with E-state index in [-0.39, 0.29) is 29.7 Å². The zero-order chi connectivity index (χ0) is 19.6. The third kappa shape index (κ3) is 6.66. The lowest BCUT2D eigenvalue weighted by Gasteiger charge is -2.14. The number of aliphatic imine (C=N–C) groups is 1. The fourth-order valence-electron chi connectivity index (χ4n) is 2.54. The lowest BCUT2D eigenvalue weighted by molar-refractivity contribution is 0.324. The zero-order valence-electron chi connectivity index (χ0n) is 16.6. The standard InChI is InChI=1S/C20H27N3O4.HI/c1-5-21-20(22-12-14-6-8-16(24)9-7-14)23-13-15-10-17(25-2)19(27-4)18(11-15)26-3;/h6-11,24H,5,12-13H2,1-4H3,(H2,21,22,23);1H. The molecule has 0 atom stereocenters. The number of nitrogens with one attached hydrogen (secondary N) is 2. The smallest absolute Gasteiger partial charge is 0.203 e. The van der Waals surface area contributed by atoms with Crippen molar-refractivity contribution in [2.45, 2.75) is 20.0 Å². The molecule has 0 unspecified atom stereocenters. The van der Waals surface area contributed by atoms with E-state index in [0.717, 1.165) is 17.7 Å². The van der Waals surface area contributed by atoms with Crippen LogP contribution >= 0.6 is 24.0 Å². The number of hydrogen-bond acceptors (Lipinski definition) is 5. The van der Waals surface area contributed by atoms with Crippen LogP contribution in [0.4, 0.5) is 0 Å². The van der Waals surface area contributed by atoms with Gasteiger partial charge < -0.3 is 30.0 Å². The first kappa shape index (κ1) is 23.7. The summed E-state index contributed by atoms with van der Waals surface area (Å²) in [6.07, 6.45) is 0. The van der Waals surface area contributed by atoms with Crippen molar-refractivity contribution in [1.29, 1.82) is 0 Å². The van der Waals surface area contributed by atoms with E-state index in [4.69, 9.17) is 14.2 Å². The molecule has 0 amide bonds. The number of halogens is 1. The van der Waals surface area contributed by atoms with E-state index in [9.17, 15) is 5.11 Å². The summed E-state index contributed by atoms with van der Waals surface area (Å²) in [5, 5.41) is 15.9. The maximum absolute atomic E-state index is 9.37. The largest absolute Gasteiger partial charge is 0.508 e.